The van der Waals surface area contributed by atoms with Gasteiger partial charge < -0.3 is 15.1 Å². The number of amides is 2. The van der Waals surface area contributed by atoms with Crippen LogP contribution in [0.3, 0.4) is 0 Å². The van der Waals surface area contributed by atoms with Gasteiger partial charge in [-0.3, -0.25) is 9.59 Å². The first-order valence-electron chi connectivity index (χ1n) is 11.5. The van der Waals surface area contributed by atoms with Crippen LogP contribution in [-0.4, -0.2) is 54.3 Å². The first-order chi connectivity index (χ1) is 15.1. The number of hydrogen-bond acceptors (Lipinski definition) is 3. The first kappa shape index (κ1) is 22.8. The van der Waals surface area contributed by atoms with Gasteiger partial charge >= 0.3 is 0 Å². The van der Waals surface area contributed by atoms with E-state index in [0.717, 1.165) is 43.6 Å². The first-order valence-corrected chi connectivity index (χ1v) is 11.5. The summed E-state index contributed by atoms with van der Waals surface area (Å²) in [5, 5.41) is 3.52. The molecule has 0 radical (unpaired) electrons. The van der Waals surface area contributed by atoms with Gasteiger partial charge in [0.2, 0.25) is 5.91 Å². The van der Waals surface area contributed by atoms with E-state index < -0.39 is 0 Å². The number of nitrogens with one attached hydrogen (secondary N) is 1. The molecule has 5 nitrogen and oxygen atoms in total. The zero-order valence-corrected chi connectivity index (χ0v) is 19.4. The fourth-order valence-electron chi connectivity index (χ4n) is 5.77. The van der Waals surface area contributed by atoms with Crippen molar-refractivity contribution in [3.8, 4) is 0 Å². The fourth-order valence-corrected chi connectivity index (χ4v) is 5.77. The van der Waals surface area contributed by atoms with Crippen molar-refractivity contribution >= 4 is 24.2 Å². The van der Waals surface area contributed by atoms with Crippen molar-refractivity contribution in [3.63, 3.8) is 0 Å². The number of fused-ring (bicyclic) bond motifs is 1. The Balaban J connectivity index is 0.00000245. The standard InChI is InChI=1S/C26H31N3O2.ClH/c1-18-7-5-6-10-22(18)26(31)28-13-11-20(12-14-28)25(30)29-17-21-15-27-16-23(21)24(29)19-8-3-2-4-9-19;/h2-10,20-21,23-24,27H,11-17H2,1H3;1H/t21-,23-,24-;/m0./s1. The van der Waals surface area contributed by atoms with E-state index in [4.69, 9.17) is 0 Å². The molecule has 0 unspecified atom stereocenters. The van der Waals surface area contributed by atoms with Crippen molar-refractivity contribution in [3.05, 3.63) is 71.3 Å². The van der Waals surface area contributed by atoms with E-state index in [0.29, 0.717) is 24.9 Å². The number of rotatable bonds is 3. The van der Waals surface area contributed by atoms with Crippen molar-refractivity contribution in [2.24, 2.45) is 17.8 Å². The zero-order chi connectivity index (χ0) is 21.4. The van der Waals surface area contributed by atoms with Gasteiger partial charge in [0.1, 0.15) is 0 Å². The van der Waals surface area contributed by atoms with E-state index >= 15 is 0 Å². The topological polar surface area (TPSA) is 52.7 Å². The van der Waals surface area contributed by atoms with Gasteiger partial charge in [-0.05, 0) is 42.9 Å². The van der Waals surface area contributed by atoms with Crippen LogP contribution in [-0.2, 0) is 4.79 Å². The molecule has 3 heterocycles. The lowest BCUT2D eigenvalue weighted by Crippen LogP contribution is -2.45. The molecule has 170 valence electrons. The number of aryl methyl sites for hydroxylation is 1. The molecule has 3 aliphatic rings. The molecular formula is C26H32ClN3O2. The molecule has 0 aromatic heterocycles. The molecule has 3 saturated heterocycles. The Kier molecular flexibility index (Phi) is 6.87. The highest BCUT2D eigenvalue weighted by molar-refractivity contribution is 5.95. The average Bonchev–Trinajstić information content (AvgIpc) is 3.40. The SMILES string of the molecule is Cc1ccccc1C(=O)N1CCC(C(=O)N2C[C@@H]3CNC[C@@H]3[C@@H]2c2ccccc2)CC1.Cl. The van der Waals surface area contributed by atoms with Crippen LogP contribution in [0.15, 0.2) is 54.6 Å². The lowest BCUT2D eigenvalue weighted by Gasteiger charge is -2.36. The minimum absolute atomic E-state index is 0. The second-order valence-electron chi connectivity index (χ2n) is 9.31. The minimum Gasteiger partial charge on any atom is -0.339 e. The fraction of sp³-hybridized carbons (Fsp3) is 0.462. The predicted octanol–water partition coefficient (Wildman–Crippen LogP) is 3.69. The van der Waals surface area contributed by atoms with Gasteiger partial charge in [0.05, 0.1) is 6.04 Å². The van der Waals surface area contributed by atoms with Crippen molar-refractivity contribution in [1.29, 1.82) is 0 Å². The van der Waals surface area contributed by atoms with Crippen LogP contribution in [0.1, 0.15) is 40.4 Å². The highest BCUT2D eigenvalue weighted by Crippen LogP contribution is 2.43. The Morgan fingerprint density at radius 3 is 2.34 bits per heavy atom. The van der Waals surface area contributed by atoms with Crippen LogP contribution < -0.4 is 5.32 Å². The van der Waals surface area contributed by atoms with Crippen LogP contribution in [0, 0.1) is 24.7 Å². The summed E-state index contributed by atoms with van der Waals surface area (Å²) in [5.41, 5.74) is 3.03. The van der Waals surface area contributed by atoms with Gasteiger partial charge in [0.15, 0.2) is 0 Å². The van der Waals surface area contributed by atoms with Gasteiger partial charge in [-0.2, -0.15) is 0 Å². The number of carbonyl (C=O) groups excluding carboxylic acids is 2. The number of carbonyl (C=O) groups is 2. The van der Waals surface area contributed by atoms with Crippen LogP contribution >= 0.6 is 12.4 Å². The largest absolute Gasteiger partial charge is 0.339 e. The average molecular weight is 454 g/mol. The minimum atomic E-state index is 0. The molecule has 3 atom stereocenters. The van der Waals surface area contributed by atoms with E-state index in [1.54, 1.807) is 0 Å². The highest BCUT2D eigenvalue weighted by atomic mass is 35.5. The number of benzene rings is 2. The number of halogens is 1. The molecule has 5 rings (SSSR count). The molecule has 3 aliphatic heterocycles. The molecule has 2 amide bonds. The van der Waals surface area contributed by atoms with Crippen LogP contribution in [0.25, 0.3) is 0 Å². The molecule has 2 aromatic carbocycles. The van der Waals surface area contributed by atoms with Gasteiger partial charge in [0, 0.05) is 50.1 Å². The summed E-state index contributed by atoms with van der Waals surface area (Å²) < 4.78 is 0. The van der Waals surface area contributed by atoms with Gasteiger partial charge in [-0.1, -0.05) is 48.5 Å². The third-order valence-electron chi connectivity index (χ3n) is 7.50. The van der Waals surface area contributed by atoms with Crippen molar-refractivity contribution in [1.82, 2.24) is 15.1 Å². The predicted molar refractivity (Wildman–Crippen MR) is 128 cm³/mol. The number of likely N-dealkylation sites (tertiary alicyclic amines) is 2. The Labute approximate surface area is 196 Å². The summed E-state index contributed by atoms with van der Waals surface area (Å²) in [4.78, 5) is 30.6. The summed E-state index contributed by atoms with van der Waals surface area (Å²) >= 11 is 0. The van der Waals surface area contributed by atoms with Crippen molar-refractivity contribution in [2.75, 3.05) is 32.7 Å². The second-order valence-corrected chi connectivity index (χ2v) is 9.31. The summed E-state index contributed by atoms with van der Waals surface area (Å²) in [7, 11) is 0. The Morgan fingerprint density at radius 1 is 0.938 bits per heavy atom. The monoisotopic (exact) mass is 453 g/mol. The number of piperidine rings is 1. The van der Waals surface area contributed by atoms with Crippen LogP contribution in [0.5, 0.6) is 0 Å². The third-order valence-corrected chi connectivity index (χ3v) is 7.50. The van der Waals surface area contributed by atoms with E-state index in [1.165, 1.54) is 5.56 Å². The molecule has 1 N–H and O–H groups in total. The van der Waals surface area contributed by atoms with E-state index in [2.05, 4.69) is 34.5 Å². The van der Waals surface area contributed by atoms with Crippen molar-refractivity contribution < 1.29 is 9.59 Å². The van der Waals surface area contributed by atoms with Crippen LogP contribution in [0.4, 0.5) is 0 Å². The van der Waals surface area contributed by atoms with E-state index in [9.17, 15) is 9.59 Å². The number of nitrogens with zero attached hydrogens (tertiary/aromatic N) is 2. The van der Waals surface area contributed by atoms with E-state index in [-0.39, 0.29) is 36.2 Å². The smallest absolute Gasteiger partial charge is 0.254 e. The summed E-state index contributed by atoms with van der Waals surface area (Å²) in [5.74, 6) is 1.42. The lowest BCUT2D eigenvalue weighted by molar-refractivity contribution is -0.138. The molecule has 2 aromatic rings. The summed E-state index contributed by atoms with van der Waals surface area (Å²) in [6.07, 6.45) is 1.50. The molecular weight excluding hydrogens is 422 g/mol. The quantitative estimate of drug-likeness (QED) is 0.771. The highest BCUT2D eigenvalue weighted by Gasteiger charge is 2.48. The Bertz CT molecular complexity index is 959. The lowest BCUT2D eigenvalue weighted by atomic mass is 9.89. The van der Waals surface area contributed by atoms with Gasteiger partial charge in [-0.15, -0.1) is 12.4 Å². The maximum atomic E-state index is 13.6. The molecule has 0 aliphatic carbocycles. The normalized spacial score (nSPS) is 25.3. The van der Waals surface area contributed by atoms with E-state index in [1.807, 2.05) is 42.2 Å². The molecule has 0 bridgehead atoms. The van der Waals surface area contributed by atoms with Gasteiger partial charge in [-0.25, -0.2) is 0 Å². The molecule has 0 spiro atoms. The number of hydrogen-bond donors (Lipinski definition) is 1. The molecule has 0 saturated carbocycles. The molecule has 32 heavy (non-hydrogen) atoms. The maximum absolute atomic E-state index is 13.6. The summed E-state index contributed by atoms with van der Waals surface area (Å²) in [6, 6.07) is 18.4. The third kappa shape index (κ3) is 4.16. The van der Waals surface area contributed by atoms with Crippen LogP contribution in [0.2, 0.25) is 0 Å². The van der Waals surface area contributed by atoms with Crippen molar-refractivity contribution in [2.45, 2.75) is 25.8 Å². The Morgan fingerprint density at radius 2 is 1.62 bits per heavy atom. The van der Waals surface area contributed by atoms with Gasteiger partial charge in [0.25, 0.3) is 5.91 Å². The zero-order valence-electron chi connectivity index (χ0n) is 18.6. The maximum Gasteiger partial charge on any atom is 0.254 e. The molecule has 6 heteroatoms. The second kappa shape index (κ2) is 9.63. The summed E-state index contributed by atoms with van der Waals surface area (Å²) in [6.45, 7) is 6.12. The Hall–Kier alpha value is -2.37. The molecule has 3 fully saturated rings.